The summed E-state index contributed by atoms with van der Waals surface area (Å²) in [6, 6.07) is 29.6. The Labute approximate surface area is 240 Å². The lowest BCUT2D eigenvalue weighted by atomic mass is 9.81. The van der Waals surface area contributed by atoms with E-state index < -0.39 is 11.6 Å². The fourth-order valence-electron chi connectivity index (χ4n) is 6.80. The summed E-state index contributed by atoms with van der Waals surface area (Å²) >= 11 is 0. The van der Waals surface area contributed by atoms with Crippen LogP contribution in [0.1, 0.15) is 74.5 Å². The summed E-state index contributed by atoms with van der Waals surface area (Å²) in [4.78, 5) is 15.7. The zero-order valence-corrected chi connectivity index (χ0v) is 23.8. The molecule has 0 bridgehead atoms. The molecule has 40 heavy (non-hydrogen) atoms. The van der Waals surface area contributed by atoms with Crippen LogP contribution in [0.15, 0.2) is 91.0 Å². The topological polar surface area (TPSA) is 64.6 Å². The highest BCUT2D eigenvalue weighted by atomic mass is 16.3. The van der Waals surface area contributed by atoms with Gasteiger partial charge in [0.05, 0.1) is 6.04 Å². The van der Waals surface area contributed by atoms with E-state index in [0.29, 0.717) is 5.92 Å². The van der Waals surface area contributed by atoms with Crippen molar-refractivity contribution in [1.29, 1.82) is 0 Å². The van der Waals surface area contributed by atoms with E-state index in [2.05, 4.69) is 45.9 Å². The van der Waals surface area contributed by atoms with Crippen molar-refractivity contribution in [3.63, 3.8) is 0 Å². The highest BCUT2D eigenvalue weighted by Crippen LogP contribution is 2.33. The first-order valence-corrected chi connectivity index (χ1v) is 15.2. The van der Waals surface area contributed by atoms with Gasteiger partial charge in [-0.15, -0.1) is 0 Å². The molecular weight excluding hydrogens is 494 g/mol. The second-order valence-corrected chi connectivity index (χ2v) is 11.9. The predicted octanol–water partition coefficient (Wildman–Crippen LogP) is 6.44. The minimum atomic E-state index is -1.33. The van der Waals surface area contributed by atoms with Gasteiger partial charge in [0.1, 0.15) is 5.60 Å². The molecule has 2 atom stereocenters. The highest BCUT2D eigenvalue weighted by Gasteiger charge is 2.38. The molecule has 1 unspecified atom stereocenters. The van der Waals surface area contributed by atoms with Crippen molar-refractivity contribution in [1.82, 2.24) is 15.5 Å². The fraction of sp³-hybridized carbons (Fsp3) is 0.457. The molecule has 2 amide bonds. The molecule has 1 aliphatic heterocycles. The number of rotatable bonds is 9. The predicted molar refractivity (Wildman–Crippen MR) is 162 cm³/mol. The van der Waals surface area contributed by atoms with Gasteiger partial charge in [-0.3, -0.25) is 0 Å². The highest BCUT2D eigenvalue weighted by molar-refractivity contribution is 5.75. The summed E-state index contributed by atoms with van der Waals surface area (Å²) in [5.41, 5.74) is 1.68. The number of aliphatic hydroxyl groups is 1. The molecule has 0 radical (unpaired) electrons. The van der Waals surface area contributed by atoms with Crippen LogP contribution >= 0.6 is 0 Å². The van der Waals surface area contributed by atoms with E-state index in [4.69, 9.17) is 0 Å². The van der Waals surface area contributed by atoms with Crippen LogP contribution < -0.4 is 10.6 Å². The molecule has 3 aromatic rings. The zero-order valence-electron chi connectivity index (χ0n) is 23.8. The summed E-state index contributed by atoms with van der Waals surface area (Å²) in [6.45, 7) is 5.45. The number of carbonyl (C=O) groups is 1. The van der Waals surface area contributed by atoms with Crippen LogP contribution in [0.5, 0.6) is 0 Å². The number of benzene rings is 3. The average Bonchev–Trinajstić information content (AvgIpc) is 3.01. The number of piperidine rings is 1. The number of urea groups is 1. The van der Waals surface area contributed by atoms with Crippen LogP contribution in [0.3, 0.4) is 0 Å². The van der Waals surface area contributed by atoms with E-state index in [1.165, 1.54) is 44.5 Å². The lowest BCUT2D eigenvalue weighted by Gasteiger charge is -2.37. The molecule has 1 heterocycles. The Morgan fingerprint density at radius 2 is 1.45 bits per heavy atom. The van der Waals surface area contributed by atoms with Gasteiger partial charge in [0, 0.05) is 12.6 Å². The van der Waals surface area contributed by atoms with Gasteiger partial charge in [-0.2, -0.15) is 0 Å². The molecule has 1 aliphatic carbocycles. The van der Waals surface area contributed by atoms with Crippen molar-refractivity contribution in [2.45, 2.75) is 75.5 Å². The van der Waals surface area contributed by atoms with E-state index in [0.717, 1.165) is 42.7 Å². The van der Waals surface area contributed by atoms with Crippen molar-refractivity contribution in [3.05, 3.63) is 108 Å². The minimum Gasteiger partial charge on any atom is -0.378 e. The molecule has 5 nitrogen and oxygen atoms in total. The number of hydrogen-bond donors (Lipinski definition) is 3. The molecule has 2 fully saturated rings. The maximum atomic E-state index is 13.1. The molecular formula is C35H45N3O2. The van der Waals surface area contributed by atoms with Crippen LogP contribution in [0.4, 0.5) is 4.79 Å². The van der Waals surface area contributed by atoms with Gasteiger partial charge in [0.25, 0.3) is 0 Å². The van der Waals surface area contributed by atoms with Crippen LogP contribution in [0.2, 0.25) is 0 Å². The van der Waals surface area contributed by atoms with Gasteiger partial charge < -0.3 is 20.6 Å². The maximum Gasteiger partial charge on any atom is 0.315 e. The number of nitrogens with one attached hydrogen (secondary N) is 2. The lowest BCUT2D eigenvalue weighted by molar-refractivity contribution is 0.0470. The number of amides is 2. The second kappa shape index (κ2) is 13.5. The molecule has 5 heteroatoms. The SMILES string of the molecule is C[C@@H](NC(=O)N[C@H]1CC[C@H](CCN2CCCC(c3ccccc3)C2)CC1)C(O)(c1ccccc1)c1ccccc1. The van der Waals surface area contributed by atoms with E-state index in [1.807, 2.05) is 67.6 Å². The Hall–Kier alpha value is -3.15. The molecule has 0 aromatic heterocycles. The third-order valence-electron chi connectivity index (χ3n) is 9.21. The summed E-state index contributed by atoms with van der Waals surface area (Å²) < 4.78 is 0. The Balaban J connectivity index is 1.08. The van der Waals surface area contributed by atoms with Crippen molar-refractivity contribution < 1.29 is 9.90 Å². The molecule has 3 N–H and O–H groups in total. The first-order valence-electron chi connectivity index (χ1n) is 15.2. The quantitative estimate of drug-likeness (QED) is 0.293. The van der Waals surface area contributed by atoms with Crippen molar-refractivity contribution in [2.24, 2.45) is 5.92 Å². The van der Waals surface area contributed by atoms with Crippen LogP contribution in [0.25, 0.3) is 0 Å². The lowest BCUT2D eigenvalue weighted by Crippen LogP contribution is -2.54. The summed E-state index contributed by atoms with van der Waals surface area (Å²) in [6.07, 6.45) is 8.18. The zero-order chi connectivity index (χ0) is 27.8. The molecule has 1 saturated carbocycles. The monoisotopic (exact) mass is 539 g/mol. The summed E-state index contributed by atoms with van der Waals surface area (Å²) in [5.74, 6) is 1.40. The Morgan fingerprint density at radius 3 is 2.05 bits per heavy atom. The molecule has 3 aromatic carbocycles. The minimum absolute atomic E-state index is 0.183. The molecule has 1 saturated heterocycles. The molecule has 2 aliphatic rings. The third-order valence-corrected chi connectivity index (χ3v) is 9.21. The Morgan fingerprint density at radius 1 is 0.875 bits per heavy atom. The molecule has 5 rings (SSSR count). The van der Waals surface area contributed by atoms with E-state index >= 15 is 0 Å². The van der Waals surface area contributed by atoms with Crippen LogP contribution in [-0.4, -0.2) is 47.8 Å². The van der Waals surface area contributed by atoms with Crippen LogP contribution in [-0.2, 0) is 5.60 Å². The summed E-state index contributed by atoms with van der Waals surface area (Å²) in [7, 11) is 0. The second-order valence-electron chi connectivity index (χ2n) is 11.9. The number of likely N-dealkylation sites (tertiary alicyclic amines) is 1. The van der Waals surface area contributed by atoms with Crippen molar-refractivity contribution >= 4 is 6.03 Å². The first kappa shape index (κ1) is 28.4. The van der Waals surface area contributed by atoms with Gasteiger partial charge >= 0.3 is 6.03 Å². The van der Waals surface area contributed by atoms with Crippen LogP contribution in [0, 0.1) is 5.92 Å². The van der Waals surface area contributed by atoms with E-state index in [1.54, 1.807) is 0 Å². The Bertz CT molecular complexity index is 1140. The van der Waals surface area contributed by atoms with Crippen molar-refractivity contribution in [2.75, 3.05) is 19.6 Å². The largest absolute Gasteiger partial charge is 0.378 e. The number of hydrogen-bond acceptors (Lipinski definition) is 3. The van der Waals surface area contributed by atoms with Gasteiger partial charge in [-0.1, -0.05) is 91.0 Å². The first-order chi connectivity index (χ1) is 19.5. The molecule has 0 spiro atoms. The fourth-order valence-corrected chi connectivity index (χ4v) is 6.80. The standard InChI is InChI=1S/C35H45N3O2/c1-27(35(40,31-15-7-3-8-16-31)32-17-9-4-10-18-32)36-34(39)37-33-21-19-28(20-22-33)23-25-38-24-11-14-30(26-38)29-12-5-2-6-13-29/h2-10,12-13,15-18,27-28,30,33,40H,11,14,19-26H2,1H3,(H2,36,37,39)/t27-,28-,30?,33-/m1/s1. The van der Waals surface area contributed by atoms with Gasteiger partial charge in [-0.25, -0.2) is 4.79 Å². The number of nitrogens with zero attached hydrogens (tertiary/aromatic N) is 1. The van der Waals surface area contributed by atoms with Crippen molar-refractivity contribution in [3.8, 4) is 0 Å². The smallest absolute Gasteiger partial charge is 0.315 e. The normalized spacial score (nSPS) is 22.8. The number of carbonyl (C=O) groups excluding carboxylic acids is 1. The maximum absolute atomic E-state index is 13.1. The van der Waals surface area contributed by atoms with Gasteiger partial charge in [-0.05, 0) is 93.5 Å². The average molecular weight is 540 g/mol. The Kier molecular flexibility index (Phi) is 9.56. The summed E-state index contributed by atoms with van der Waals surface area (Å²) in [5, 5.41) is 18.2. The van der Waals surface area contributed by atoms with E-state index in [-0.39, 0.29) is 12.1 Å². The molecule has 212 valence electrons. The van der Waals surface area contributed by atoms with Gasteiger partial charge in [0.2, 0.25) is 0 Å². The van der Waals surface area contributed by atoms with Gasteiger partial charge in [0.15, 0.2) is 0 Å². The van der Waals surface area contributed by atoms with E-state index in [9.17, 15) is 9.90 Å². The third kappa shape index (κ3) is 6.94.